The molecule has 27 heavy (non-hydrogen) atoms. The molecule has 0 aliphatic carbocycles. The van der Waals surface area contributed by atoms with Crippen LogP contribution in [0.25, 0.3) is 0 Å². The number of ether oxygens (including phenoxy) is 2. The fraction of sp³-hybridized carbons (Fsp3) is 0.200. The zero-order valence-corrected chi connectivity index (χ0v) is 16.6. The van der Waals surface area contributed by atoms with Crippen LogP contribution in [0.4, 0.5) is 0 Å². The predicted molar refractivity (Wildman–Crippen MR) is 107 cm³/mol. The maximum absolute atomic E-state index is 12.5. The maximum Gasteiger partial charge on any atom is 0.263 e. The lowest BCUT2D eigenvalue weighted by molar-refractivity contribution is 0.0954. The van der Waals surface area contributed by atoms with Gasteiger partial charge in [-0.25, -0.2) is 4.98 Å². The lowest BCUT2D eigenvalue weighted by Gasteiger charge is -2.09. The number of carbonyl (C=O) groups is 1. The number of methoxy groups -OCH3 is 1. The van der Waals surface area contributed by atoms with E-state index in [2.05, 4.69) is 10.3 Å². The summed E-state index contributed by atoms with van der Waals surface area (Å²) >= 11 is 7.19. The highest BCUT2D eigenvalue weighted by Crippen LogP contribution is 2.22. The minimum atomic E-state index is -0.159. The summed E-state index contributed by atoms with van der Waals surface area (Å²) in [5, 5.41) is 4.31. The van der Waals surface area contributed by atoms with Crippen molar-refractivity contribution in [2.24, 2.45) is 0 Å². The molecular weight excluding hydrogens is 384 g/mol. The van der Waals surface area contributed by atoms with Crippen molar-refractivity contribution < 1.29 is 14.3 Å². The Hall–Kier alpha value is -2.57. The molecule has 3 rings (SSSR count). The average molecular weight is 403 g/mol. The molecule has 5 nitrogen and oxygen atoms in total. The summed E-state index contributed by atoms with van der Waals surface area (Å²) in [7, 11) is 1.61. The third-order valence-corrected chi connectivity index (χ3v) is 5.24. The molecule has 0 aliphatic rings. The average Bonchev–Trinajstić information content (AvgIpc) is 3.06. The van der Waals surface area contributed by atoms with Gasteiger partial charge in [-0.05, 0) is 37.3 Å². The minimum Gasteiger partial charge on any atom is -0.496 e. The Balaban J connectivity index is 1.61. The summed E-state index contributed by atoms with van der Waals surface area (Å²) in [6.07, 6.45) is 0. The van der Waals surface area contributed by atoms with E-state index in [9.17, 15) is 4.79 Å². The van der Waals surface area contributed by atoms with E-state index < -0.39 is 0 Å². The van der Waals surface area contributed by atoms with Crippen LogP contribution in [0.3, 0.4) is 0 Å². The third-order valence-electron chi connectivity index (χ3n) is 3.85. The Morgan fingerprint density at radius 3 is 2.67 bits per heavy atom. The number of halogens is 1. The first kappa shape index (κ1) is 19.2. The summed E-state index contributed by atoms with van der Waals surface area (Å²) in [6.45, 7) is 2.50. The van der Waals surface area contributed by atoms with Crippen molar-refractivity contribution in [2.45, 2.75) is 20.1 Å². The first-order valence-electron chi connectivity index (χ1n) is 8.31. The standard InChI is InChI=1S/C20H19ClN2O3S/c1-13-19(20(24)22-11-14-5-3-4-6-17(14)25-2)27-18(23-13)12-26-16-9-7-15(21)8-10-16/h3-10H,11-12H2,1-2H3,(H,22,24). The van der Waals surface area contributed by atoms with E-state index >= 15 is 0 Å². The van der Waals surface area contributed by atoms with Gasteiger partial charge in [0.15, 0.2) is 0 Å². The summed E-state index contributed by atoms with van der Waals surface area (Å²) in [4.78, 5) is 17.5. The quantitative estimate of drug-likeness (QED) is 0.626. The van der Waals surface area contributed by atoms with Gasteiger partial charge in [-0.15, -0.1) is 11.3 Å². The number of carbonyl (C=O) groups excluding carboxylic acids is 1. The molecule has 1 aromatic heterocycles. The molecule has 0 unspecified atom stereocenters. The Kier molecular flexibility index (Phi) is 6.32. The zero-order chi connectivity index (χ0) is 19.2. The molecule has 0 saturated heterocycles. The maximum atomic E-state index is 12.5. The van der Waals surface area contributed by atoms with Crippen LogP contribution in [0.1, 0.15) is 25.9 Å². The summed E-state index contributed by atoms with van der Waals surface area (Å²) in [5.74, 6) is 1.29. The number of thiazole rings is 1. The summed E-state index contributed by atoms with van der Waals surface area (Å²) in [5.41, 5.74) is 1.61. The van der Waals surface area contributed by atoms with Crippen LogP contribution in [0, 0.1) is 6.92 Å². The van der Waals surface area contributed by atoms with Crippen LogP contribution >= 0.6 is 22.9 Å². The molecule has 0 aliphatic heterocycles. The second-order valence-corrected chi connectivity index (χ2v) is 7.28. The number of amides is 1. The number of hydrogen-bond donors (Lipinski definition) is 1. The summed E-state index contributed by atoms with van der Waals surface area (Å²) in [6, 6.07) is 14.7. The molecule has 7 heteroatoms. The number of benzene rings is 2. The highest BCUT2D eigenvalue weighted by molar-refractivity contribution is 7.13. The summed E-state index contributed by atoms with van der Waals surface area (Å²) < 4.78 is 11.0. The monoisotopic (exact) mass is 402 g/mol. The molecule has 1 amide bonds. The molecule has 2 aromatic carbocycles. The molecule has 0 fully saturated rings. The molecule has 0 saturated carbocycles. The normalized spacial score (nSPS) is 10.5. The van der Waals surface area contributed by atoms with Crippen molar-refractivity contribution in [3.63, 3.8) is 0 Å². The van der Waals surface area contributed by atoms with Crippen LogP contribution in [0.15, 0.2) is 48.5 Å². The minimum absolute atomic E-state index is 0.159. The highest BCUT2D eigenvalue weighted by Gasteiger charge is 2.16. The van der Waals surface area contributed by atoms with Crippen LogP contribution < -0.4 is 14.8 Å². The Bertz CT molecular complexity index is 925. The smallest absolute Gasteiger partial charge is 0.263 e. The van der Waals surface area contributed by atoms with Crippen LogP contribution in [-0.2, 0) is 13.2 Å². The van der Waals surface area contributed by atoms with Gasteiger partial charge in [0.1, 0.15) is 28.0 Å². The van der Waals surface area contributed by atoms with Gasteiger partial charge in [0.05, 0.1) is 12.8 Å². The lowest BCUT2D eigenvalue weighted by atomic mass is 10.2. The van der Waals surface area contributed by atoms with E-state index in [1.807, 2.05) is 31.2 Å². The van der Waals surface area contributed by atoms with Crippen molar-refractivity contribution in [2.75, 3.05) is 7.11 Å². The molecule has 3 aromatic rings. The number of para-hydroxylation sites is 1. The zero-order valence-electron chi connectivity index (χ0n) is 15.0. The van der Waals surface area contributed by atoms with E-state index in [-0.39, 0.29) is 5.91 Å². The van der Waals surface area contributed by atoms with E-state index in [0.717, 1.165) is 16.3 Å². The number of rotatable bonds is 7. The Labute approximate surface area is 166 Å². The van der Waals surface area contributed by atoms with E-state index in [4.69, 9.17) is 21.1 Å². The molecule has 1 N–H and O–H groups in total. The van der Waals surface area contributed by atoms with Crippen molar-refractivity contribution in [1.29, 1.82) is 0 Å². The number of aromatic nitrogens is 1. The van der Waals surface area contributed by atoms with Crippen LogP contribution in [0.2, 0.25) is 5.02 Å². The second kappa shape index (κ2) is 8.88. The van der Waals surface area contributed by atoms with Crippen molar-refractivity contribution in [1.82, 2.24) is 10.3 Å². The second-order valence-electron chi connectivity index (χ2n) is 5.76. The number of nitrogens with zero attached hydrogens (tertiary/aromatic N) is 1. The third kappa shape index (κ3) is 4.99. The lowest BCUT2D eigenvalue weighted by Crippen LogP contribution is -2.22. The largest absolute Gasteiger partial charge is 0.496 e. The van der Waals surface area contributed by atoms with Gasteiger partial charge in [0.25, 0.3) is 5.91 Å². The topological polar surface area (TPSA) is 60.5 Å². The number of aryl methyl sites for hydroxylation is 1. The number of nitrogens with one attached hydrogen (secondary N) is 1. The Morgan fingerprint density at radius 1 is 1.19 bits per heavy atom. The molecule has 0 atom stereocenters. The van der Waals surface area contributed by atoms with Gasteiger partial charge in [0, 0.05) is 17.1 Å². The van der Waals surface area contributed by atoms with Crippen molar-refractivity contribution in [3.8, 4) is 11.5 Å². The van der Waals surface area contributed by atoms with Gasteiger partial charge in [0.2, 0.25) is 0 Å². The van der Waals surface area contributed by atoms with Crippen LogP contribution in [0.5, 0.6) is 11.5 Å². The predicted octanol–water partition coefficient (Wildman–Crippen LogP) is 4.62. The van der Waals surface area contributed by atoms with Gasteiger partial charge >= 0.3 is 0 Å². The van der Waals surface area contributed by atoms with Gasteiger partial charge in [-0.1, -0.05) is 29.8 Å². The van der Waals surface area contributed by atoms with E-state index in [1.54, 1.807) is 31.4 Å². The van der Waals surface area contributed by atoms with Gasteiger partial charge in [-0.3, -0.25) is 4.79 Å². The molecule has 0 bridgehead atoms. The molecular formula is C20H19ClN2O3S. The molecule has 140 valence electrons. The van der Waals surface area contributed by atoms with Gasteiger partial charge < -0.3 is 14.8 Å². The fourth-order valence-electron chi connectivity index (χ4n) is 2.51. The van der Waals surface area contributed by atoms with E-state index in [1.165, 1.54) is 11.3 Å². The van der Waals surface area contributed by atoms with Crippen molar-refractivity contribution in [3.05, 3.63) is 74.7 Å². The molecule has 1 heterocycles. The Morgan fingerprint density at radius 2 is 1.93 bits per heavy atom. The van der Waals surface area contributed by atoms with Gasteiger partial charge in [-0.2, -0.15) is 0 Å². The van der Waals surface area contributed by atoms with Crippen molar-refractivity contribution >= 4 is 28.8 Å². The van der Waals surface area contributed by atoms with E-state index in [0.29, 0.717) is 34.5 Å². The number of hydrogen-bond acceptors (Lipinski definition) is 5. The first-order chi connectivity index (χ1) is 13.1. The highest BCUT2D eigenvalue weighted by atomic mass is 35.5. The van der Waals surface area contributed by atoms with Crippen LogP contribution in [-0.4, -0.2) is 18.0 Å². The first-order valence-corrected chi connectivity index (χ1v) is 9.51. The SMILES string of the molecule is COc1ccccc1CNC(=O)c1sc(COc2ccc(Cl)cc2)nc1C. The fourth-order valence-corrected chi connectivity index (χ4v) is 3.53. The molecule has 0 spiro atoms. The molecule has 0 radical (unpaired) electrons.